The number of benzene rings is 2. The zero-order valence-electron chi connectivity index (χ0n) is 22.2. The standard InChI is InChI=1S/C28H35F2N5O3/c1-18-24(15-28(2,3)37)33-35(20-8-6-5-7-9-20)26(18)32-27(36)31-25-17-34(12-13-38-4)16-21(25)19-10-11-22(29)23(30)14-19/h5-11,14,21,25,37H,12-13,15-17H2,1-4H3,(H2,31,32,36). The Kier molecular flexibility index (Phi) is 8.44. The number of carbonyl (C=O) groups excluding carboxylic acids is 1. The minimum absolute atomic E-state index is 0.237. The third kappa shape index (κ3) is 6.56. The molecule has 204 valence electrons. The summed E-state index contributed by atoms with van der Waals surface area (Å²) in [7, 11) is 1.62. The lowest BCUT2D eigenvalue weighted by molar-refractivity contribution is 0.0797. The summed E-state index contributed by atoms with van der Waals surface area (Å²) in [5, 5.41) is 21.1. The lowest BCUT2D eigenvalue weighted by atomic mass is 9.94. The number of anilines is 1. The highest BCUT2D eigenvalue weighted by Crippen LogP contribution is 2.30. The molecule has 0 radical (unpaired) electrons. The Hall–Kier alpha value is -3.34. The maximum absolute atomic E-state index is 14.0. The van der Waals surface area contributed by atoms with E-state index in [9.17, 15) is 18.7 Å². The van der Waals surface area contributed by atoms with E-state index < -0.39 is 23.3 Å². The first-order valence-corrected chi connectivity index (χ1v) is 12.7. The summed E-state index contributed by atoms with van der Waals surface area (Å²) in [5.41, 5.74) is 1.82. The van der Waals surface area contributed by atoms with Gasteiger partial charge in [0.1, 0.15) is 5.82 Å². The van der Waals surface area contributed by atoms with Crippen molar-refractivity contribution in [1.29, 1.82) is 0 Å². The number of hydrogen-bond acceptors (Lipinski definition) is 5. The highest BCUT2D eigenvalue weighted by molar-refractivity contribution is 5.90. The van der Waals surface area contributed by atoms with E-state index in [0.29, 0.717) is 49.7 Å². The van der Waals surface area contributed by atoms with Crippen LogP contribution in [0.5, 0.6) is 0 Å². The third-order valence-corrected chi connectivity index (χ3v) is 6.75. The first-order valence-electron chi connectivity index (χ1n) is 12.7. The largest absolute Gasteiger partial charge is 0.390 e. The second kappa shape index (κ2) is 11.6. The fourth-order valence-corrected chi connectivity index (χ4v) is 4.85. The van der Waals surface area contributed by atoms with Crippen molar-refractivity contribution >= 4 is 11.8 Å². The maximum atomic E-state index is 14.0. The number of ether oxygens (including phenoxy) is 1. The highest BCUT2D eigenvalue weighted by atomic mass is 19.2. The maximum Gasteiger partial charge on any atom is 0.320 e. The fourth-order valence-electron chi connectivity index (χ4n) is 4.85. The number of urea groups is 1. The van der Waals surface area contributed by atoms with Gasteiger partial charge in [-0.2, -0.15) is 5.10 Å². The molecule has 1 aromatic heterocycles. The molecule has 2 heterocycles. The number of halogens is 2. The Morgan fingerprint density at radius 3 is 2.55 bits per heavy atom. The van der Waals surface area contributed by atoms with Gasteiger partial charge in [-0.15, -0.1) is 0 Å². The average Bonchev–Trinajstić information content (AvgIpc) is 3.40. The van der Waals surface area contributed by atoms with Gasteiger partial charge in [0.15, 0.2) is 11.6 Å². The van der Waals surface area contributed by atoms with Gasteiger partial charge in [0.2, 0.25) is 0 Å². The van der Waals surface area contributed by atoms with Crippen molar-refractivity contribution in [3.63, 3.8) is 0 Å². The van der Waals surface area contributed by atoms with E-state index in [-0.39, 0.29) is 12.0 Å². The summed E-state index contributed by atoms with van der Waals surface area (Å²) in [5.74, 6) is -1.57. The molecule has 10 heteroatoms. The summed E-state index contributed by atoms with van der Waals surface area (Å²) in [6.45, 7) is 7.54. The molecule has 0 spiro atoms. The summed E-state index contributed by atoms with van der Waals surface area (Å²) < 4.78 is 34.5. The molecule has 0 bridgehead atoms. The van der Waals surface area contributed by atoms with Gasteiger partial charge in [-0.3, -0.25) is 10.2 Å². The molecule has 0 aliphatic carbocycles. The van der Waals surface area contributed by atoms with Gasteiger partial charge in [0.25, 0.3) is 0 Å². The molecule has 1 fully saturated rings. The predicted molar refractivity (Wildman–Crippen MR) is 142 cm³/mol. The van der Waals surface area contributed by atoms with Crippen molar-refractivity contribution in [3.8, 4) is 5.69 Å². The molecule has 2 amide bonds. The number of aliphatic hydroxyl groups is 1. The lowest BCUT2D eigenvalue weighted by Gasteiger charge is -2.21. The number of amides is 2. The van der Waals surface area contributed by atoms with Gasteiger partial charge in [0, 0.05) is 44.6 Å². The van der Waals surface area contributed by atoms with Crippen LogP contribution in [-0.2, 0) is 11.2 Å². The number of rotatable bonds is 9. The minimum Gasteiger partial charge on any atom is -0.390 e. The first-order chi connectivity index (χ1) is 18.1. The monoisotopic (exact) mass is 527 g/mol. The third-order valence-electron chi connectivity index (χ3n) is 6.75. The van der Waals surface area contributed by atoms with Gasteiger partial charge >= 0.3 is 6.03 Å². The fraction of sp³-hybridized carbons (Fsp3) is 0.429. The smallest absolute Gasteiger partial charge is 0.320 e. The summed E-state index contributed by atoms with van der Waals surface area (Å²) in [6, 6.07) is 12.5. The molecule has 8 nitrogen and oxygen atoms in total. The van der Waals surface area contributed by atoms with E-state index in [2.05, 4.69) is 15.5 Å². The minimum atomic E-state index is -0.979. The molecule has 2 unspecified atom stereocenters. The van der Waals surface area contributed by atoms with Crippen molar-refractivity contribution in [2.45, 2.75) is 44.8 Å². The Labute approximate surface area is 221 Å². The van der Waals surface area contributed by atoms with Crippen LogP contribution in [0, 0.1) is 18.6 Å². The van der Waals surface area contributed by atoms with E-state index in [1.54, 1.807) is 31.7 Å². The molecule has 2 atom stereocenters. The van der Waals surface area contributed by atoms with Crippen LogP contribution >= 0.6 is 0 Å². The number of methoxy groups -OCH3 is 1. The van der Waals surface area contributed by atoms with E-state index in [0.717, 1.165) is 17.3 Å². The second-order valence-electron chi connectivity index (χ2n) is 10.4. The lowest BCUT2D eigenvalue weighted by Crippen LogP contribution is -2.42. The van der Waals surface area contributed by atoms with Crippen LogP contribution in [0.3, 0.4) is 0 Å². The van der Waals surface area contributed by atoms with Gasteiger partial charge in [-0.1, -0.05) is 24.3 Å². The van der Waals surface area contributed by atoms with Crippen LogP contribution in [0.25, 0.3) is 5.69 Å². The predicted octanol–water partition coefficient (Wildman–Crippen LogP) is 4.01. The molecule has 3 N–H and O–H groups in total. The number of nitrogens with one attached hydrogen (secondary N) is 2. The molecule has 4 rings (SSSR count). The van der Waals surface area contributed by atoms with Gasteiger partial charge < -0.3 is 15.2 Å². The van der Waals surface area contributed by atoms with Crippen molar-refractivity contribution < 1.29 is 23.4 Å². The number of carbonyl (C=O) groups is 1. The molecule has 1 aliphatic rings. The summed E-state index contributed by atoms with van der Waals surface area (Å²) in [4.78, 5) is 15.5. The first kappa shape index (κ1) is 27.7. The van der Waals surface area contributed by atoms with Crippen LogP contribution in [0.15, 0.2) is 48.5 Å². The number of aromatic nitrogens is 2. The molecular weight excluding hydrogens is 492 g/mol. The van der Waals surface area contributed by atoms with Gasteiger partial charge in [-0.25, -0.2) is 18.3 Å². The number of para-hydroxylation sites is 1. The average molecular weight is 528 g/mol. The number of hydrogen-bond donors (Lipinski definition) is 3. The van der Waals surface area contributed by atoms with Gasteiger partial charge in [-0.05, 0) is 50.6 Å². The van der Waals surface area contributed by atoms with Crippen LogP contribution in [0.1, 0.15) is 36.6 Å². The van der Waals surface area contributed by atoms with E-state index in [1.165, 1.54) is 6.07 Å². The van der Waals surface area contributed by atoms with E-state index >= 15 is 0 Å². The van der Waals surface area contributed by atoms with Crippen LogP contribution in [0.4, 0.5) is 19.4 Å². The normalized spacial score (nSPS) is 18.1. The molecular formula is C28H35F2N5O3. The van der Waals surface area contributed by atoms with Crippen molar-refractivity contribution in [3.05, 3.63) is 77.0 Å². The molecule has 3 aromatic rings. The number of nitrogens with zero attached hydrogens (tertiary/aromatic N) is 3. The molecule has 2 aromatic carbocycles. The van der Waals surface area contributed by atoms with Crippen LogP contribution in [-0.4, -0.2) is 70.8 Å². The zero-order chi connectivity index (χ0) is 27.4. The quantitative estimate of drug-likeness (QED) is 0.391. The number of likely N-dealkylation sites (tertiary alicyclic amines) is 1. The van der Waals surface area contributed by atoms with Crippen LogP contribution < -0.4 is 10.6 Å². The Morgan fingerprint density at radius 2 is 1.89 bits per heavy atom. The molecule has 1 aliphatic heterocycles. The molecule has 0 saturated carbocycles. The van der Waals surface area contributed by atoms with Crippen molar-refractivity contribution in [2.75, 3.05) is 38.7 Å². The Balaban J connectivity index is 1.59. The van der Waals surface area contributed by atoms with Crippen molar-refractivity contribution in [1.82, 2.24) is 20.0 Å². The zero-order valence-corrected chi connectivity index (χ0v) is 22.2. The Morgan fingerprint density at radius 1 is 1.16 bits per heavy atom. The SMILES string of the molecule is COCCN1CC(NC(=O)Nc2c(C)c(CC(C)(C)O)nn2-c2ccccc2)C(c2ccc(F)c(F)c2)C1. The summed E-state index contributed by atoms with van der Waals surface area (Å²) in [6.07, 6.45) is 0.310. The topological polar surface area (TPSA) is 91.7 Å². The Bertz CT molecular complexity index is 1260. The molecule has 1 saturated heterocycles. The summed E-state index contributed by atoms with van der Waals surface area (Å²) >= 11 is 0. The van der Waals surface area contributed by atoms with Crippen LogP contribution in [0.2, 0.25) is 0 Å². The molecule has 38 heavy (non-hydrogen) atoms. The van der Waals surface area contributed by atoms with Gasteiger partial charge in [0.05, 0.1) is 29.6 Å². The highest BCUT2D eigenvalue weighted by Gasteiger charge is 2.35. The van der Waals surface area contributed by atoms with E-state index in [1.807, 2.05) is 37.3 Å². The second-order valence-corrected chi connectivity index (χ2v) is 10.4. The van der Waals surface area contributed by atoms with E-state index in [4.69, 9.17) is 9.84 Å². The van der Waals surface area contributed by atoms with Crippen molar-refractivity contribution in [2.24, 2.45) is 0 Å².